The average Bonchev–Trinajstić information content (AvgIpc) is 2.79. The van der Waals surface area contributed by atoms with E-state index in [2.05, 4.69) is 44.7 Å². The third kappa shape index (κ3) is 3.19. The highest BCUT2D eigenvalue weighted by molar-refractivity contribution is 5.97. The van der Waals surface area contributed by atoms with Gasteiger partial charge in [0.1, 0.15) is 5.82 Å². The third-order valence-electron chi connectivity index (χ3n) is 6.70. The molecule has 0 bridgehead atoms. The van der Waals surface area contributed by atoms with E-state index in [1.54, 1.807) is 12.1 Å². The zero-order valence-electron chi connectivity index (χ0n) is 17.5. The Balaban J connectivity index is 1.47. The van der Waals surface area contributed by atoms with Gasteiger partial charge in [-0.1, -0.05) is 42.5 Å². The number of nitrogens with zero attached hydrogens (tertiary/aromatic N) is 2. The first-order valence-electron chi connectivity index (χ1n) is 11.0. The van der Waals surface area contributed by atoms with Crippen LogP contribution in [0.15, 0.2) is 71.5 Å². The van der Waals surface area contributed by atoms with Crippen LogP contribution in [0.25, 0.3) is 10.8 Å². The summed E-state index contributed by atoms with van der Waals surface area (Å²) < 4.78 is 13.7. The second-order valence-corrected chi connectivity index (χ2v) is 8.69. The Morgan fingerprint density at radius 3 is 2.44 bits per heavy atom. The van der Waals surface area contributed by atoms with Gasteiger partial charge in [-0.05, 0) is 60.5 Å². The molecule has 2 aliphatic rings. The van der Waals surface area contributed by atoms with Crippen LogP contribution >= 0.6 is 0 Å². The number of likely N-dealkylation sites (tertiary alicyclic amines) is 1. The van der Waals surface area contributed by atoms with Gasteiger partial charge in [-0.3, -0.25) is 9.69 Å². The molecule has 0 saturated carbocycles. The molecule has 4 aromatic rings. The van der Waals surface area contributed by atoms with E-state index in [0.717, 1.165) is 34.4 Å². The van der Waals surface area contributed by atoms with E-state index in [9.17, 15) is 9.18 Å². The van der Waals surface area contributed by atoms with Crippen molar-refractivity contribution in [3.8, 4) is 0 Å². The Morgan fingerprint density at radius 1 is 0.969 bits per heavy atom. The quantitative estimate of drug-likeness (QED) is 0.502. The van der Waals surface area contributed by atoms with E-state index in [4.69, 9.17) is 0 Å². The van der Waals surface area contributed by atoms with Crippen molar-refractivity contribution in [1.82, 2.24) is 15.1 Å². The predicted octanol–water partition coefficient (Wildman–Crippen LogP) is 4.57. The molecule has 0 radical (unpaired) electrons. The molecule has 32 heavy (non-hydrogen) atoms. The van der Waals surface area contributed by atoms with Crippen LogP contribution in [0.1, 0.15) is 40.8 Å². The second kappa shape index (κ2) is 7.57. The molecule has 1 aromatic heterocycles. The summed E-state index contributed by atoms with van der Waals surface area (Å²) >= 11 is 0. The van der Waals surface area contributed by atoms with E-state index < -0.39 is 0 Å². The van der Waals surface area contributed by atoms with Crippen molar-refractivity contribution in [3.05, 3.63) is 105 Å². The molecule has 0 aliphatic carbocycles. The number of hydrogen-bond acceptors (Lipinski definition) is 4. The summed E-state index contributed by atoms with van der Waals surface area (Å²) in [6.07, 6.45) is 1.28. The van der Waals surface area contributed by atoms with Crippen LogP contribution in [-0.4, -0.2) is 28.2 Å². The van der Waals surface area contributed by atoms with Crippen LogP contribution in [-0.2, 0) is 6.54 Å². The second-order valence-electron chi connectivity index (χ2n) is 8.69. The van der Waals surface area contributed by atoms with Gasteiger partial charge in [-0.25, -0.2) is 9.49 Å². The van der Waals surface area contributed by atoms with Crippen molar-refractivity contribution in [1.29, 1.82) is 0 Å². The molecular formula is C26H23FN4O. The van der Waals surface area contributed by atoms with Crippen LogP contribution in [0.2, 0.25) is 0 Å². The average molecular weight is 426 g/mol. The molecule has 0 unspecified atom stereocenters. The van der Waals surface area contributed by atoms with Gasteiger partial charge in [-0.15, -0.1) is 0 Å². The number of hydrogen-bond donors (Lipinski definition) is 2. The van der Waals surface area contributed by atoms with Crippen molar-refractivity contribution in [3.63, 3.8) is 0 Å². The Morgan fingerprint density at radius 2 is 1.72 bits per heavy atom. The Kier molecular flexibility index (Phi) is 4.54. The Hall–Kier alpha value is -3.51. The summed E-state index contributed by atoms with van der Waals surface area (Å²) in [6.45, 7) is 3.32. The number of rotatable bonds is 4. The first-order chi connectivity index (χ1) is 15.7. The topological polar surface area (TPSA) is 61.0 Å². The van der Waals surface area contributed by atoms with E-state index in [1.807, 2.05) is 18.2 Å². The normalized spacial score (nSPS) is 20.0. The molecule has 1 fully saturated rings. The maximum absolute atomic E-state index is 13.7. The minimum Gasteiger partial charge on any atom is -0.377 e. The number of H-pyrrole nitrogens is 1. The molecular weight excluding hydrogens is 403 g/mol. The molecule has 160 valence electrons. The Bertz CT molecular complexity index is 1340. The van der Waals surface area contributed by atoms with E-state index in [-0.39, 0.29) is 23.3 Å². The Labute approximate surface area is 184 Å². The van der Waals surface area contributed by atoms with Gasteiger partial charge >= 0.3 is 0 Å². The first kappa shape index (κ1) is 19.2. The number of nitrogens with one attached hydrogen (secondary N) is 2. The van der Waals surface area contributed by atoms with Gasteiger partial charge in [-0.2, -0.15) is 5.10 Å². The van der Waals surface area contributed by atoms with Crippen molar-refractivity contribution in [2.75, 3.05) is 18.4 Å². The summed E-state index contributed by atoms with van der Waals surface area (Å²) in [4.78, 5) is 14.9. The fraction of sp³-hybridized carbons (Fsp3) is 0.231. The fourth-order valence-corrected chi connectivity index (χ4v) is 4.92. The number of benzene rings is 3. The highest BCUT2D eigenvalue weighted by Gasteiger charge is 2.34. The van der Waals surface area contributed by atoms with Crippen LogP contribution < -0.4 is 10.9 Å². The highest BCUT2D eigenvalue weighted by Crippen LogP contribution is 2.46. The SMILES string of the molecule is O=c1[nH]nc2c3c(cccc13)N[C@@H](c1ccc(CN3CCC3)cc1)[C@@H]2c1ccc(F)cc1. The van der Waals surface area contributed by atoms with Gasteiger partial charge in [0.2, 0.25) is 0 Å². The largest absolute Gasteiger partial charge is 0.377 e. The lowest BCUT2D eigenvalue weighted by Crippen LogP contribution is -2.36. The molecule has 6 heteroatoms. The molecule has 0 spiro atoms. The monoisotopic (exact) mass is 426 g/mol. The number of aromatic nitrogens is 2. The van der Waals surface area contributed by atoms with Crippen LogP contribution in [0, 0.1) is 5.82 Å². The fourth-order valence-electron chi connectivity index (χ4n) is 4.92. The van der Waals surface area contributed by atoms with Crippen molar-refractivity contribution in [2.24, 2.45) is 0 Å². The lowest BCUT2D eigenvalue weighted by Gasteiger charge is -2.35. The lowest BCUT2D eigenvalue weighted by atomic mass is 9.80. The smallest absolute Gasteiger partial charge is 0.272 e. The molecule has 3 aromatic carbocycles. The number of anilines is 1. The van der Waals surface area contributed by atoms with Gasteiger partial charge in [0.25, 0.3) is 5.56 Å². The van der Waals surface area contributed by atoms with Crippen LogP contribution in [0.4, 0.5) is 10.1 Å². The minimum atomic E-state index is -0.274. The molecule has 0 amide bonds. The van der Waals surface area contributed by atoms with E-state index in [1.165, 1.54) is 37.2 Å². The molecule has 2 atom stereocenters. The summed E-state index contributed by atoms with van der Waals surface area (Å²) in [5.41, 5.74) is 4.86. The van der Waals surface area contributed by atoms with Crippen LogP contribution in [0.3, 0.4) is 0 Å². The van der Waals surface area contributed by atoms with Gasteiger partial charge in [0.15, 0.2) is 0 Å². The minimum absolute atomic E-state index is 0.102. The third-order valence-corrected chi connectivity index (χ3v) is 6.70. The zero-order valence-corrected chi connectivity index (χ0v) is 17.5. The van der Waals surface area contributed by atoms with Crippen molar-refractivity contribution < 1.29 is 4.39 Å². The maximum atomic E-state index is 13.7. The molecule has 3 heterocycles. The molecule has 2 aliphatic heterocycles. The summed E-state index contributed by atoms with van der Waals surface area (Å²) in [6, 6.07) is 20.9. The summed E-state index contributed by atoms with van der Waals surface area (Å²) in [7, 11) is 0. The van der Waals surface area contributed by atoms with E-state index >= 15 is 0 Å². The number of aromatic amines is 1. The summed E-state index contributed by atoms with van der Waals surface area (Å²) in [5, 5.41) is 12.2. The summed E-state index contributed by atoms with van der Waals surface area (Å²) in [5.74, 6) is -0.449. The van der Waals surface area contributed by atoms with Crippen molar-refractivity contribution >= 4 is 16.5 Å². The molecule has 2 N–H and O–H groups in total. The number of halogens is 1. The molecule has 1 saturated heterocycles. The standard InChI is InChI=1S/C26H23FN4O/c27-19-11-9-17(10-12-19)22-24(18-7-5-16(6-8-18)15-31-13-2-14-31)28-21-4-1-3-20-23(21)25(22)29-30-26(20)32/h1,3-12,22,24,28H,2,13-15H2,(H,30,32)/t22-,24-/m0/s1. The molecule has 6 rings (SSSR count). The van der Waals surface area contributed by atoms with E-state index in [0.29, 0.717) is 5.39 Å². The zero-order chi connectivity index (χ0) is 21.7. The molecule has 5 nitrogen and oxygen atoms in total. The van der Waals surface area contributed by atoms with Gasteiger partial charge in [0.05, 0.1) is 23.0 Å². The predicted molar refractivity (Wildman–Crippen MR) is 123 cm³/mol. The van der Waals surface area contributed by atoms with Gasteiger partial charge < -0.3 is 5.32 Å². The highest BCUT2D eigenvalue weighted by atomic mass is 19.1. The van der Waals surface area contributed by atoms with Gasteiger partial charge in [0, 0.05) is 17.6 Å². The van der Waals surface area contributed by atoms with Crippen molar-refractivity contribution in [2.45, 2.75) is 24.9 Å². The lowest BCUT2D eigenvalue weighted by molar-refractivity contribution is 0.172. The first-order valence-corrected chi connectivity index (χ1v) is 11.0. The van der Waals surface area contributed by atoms with Crippen LogP contribution in [0.5, 0.6) is 0 Å². The maximum Gasteiger partial charge on any atom is 0.272 e.